The number of nitrogens with one attached hydrogen (secondary N) is 1. The van der Waals surface area contributed by atoms with E-state index in [1.54, 1.807) is 18.3 Å². The van der Waals surface area contributed by atoms with Gasteiger partial charge in [0.05, 0.1) is 11.3 Å². The van der Waals surface area contributed by atoms with E-state index in [9.17, 15) is 4.79 Å². The van der Waals surface area contributed by atoms with Gasteiger partial charge in [0.25, 0.3) is 5.91 Å². The average molecular weight is 441 g/mol. The minimum absolute atomic E-state index is 0.234. The van der Waals surface area contributed by atoms with Gasteiger partial charge in [-0.15, -0.1) is 0 Å². The van der Waals surface area contributed by atoms with E-state index in [-0.39, 0.29) is 5.91 Å². The van der Waals surface area contributed by atoms with Gasteiger partial charge >= 0.3 is 0 Å². The van der Waals surface area contributed by atoms with Crippen molar-refractivity contribution < 1.29 is 9.53 Å². The third-order valence-corrected chi connectivity index (χ3v) is 4.97. The number of amides is 1. The van der Waals surface area contributed by atoms with Crippen LogP contribution in [0.25, 0.3) is 12.2 Å². The van der Waals surface area contributed by atoms with Gasteiger partial charge in [-0.25, -0.2) is 0 Å². The molecule has 0 spiro atoms. The van der Waals surface area contributed by atoms with E-state index < -0.39 is 0 Å². The summed E-state index contributed by atoms with van der Waals surface area (Å²) in [5.41, 5.74) is 3.97. The summed E-state index contributed by atoms with van der Waals surface area (Å²) < 4.78 is 5.91. The number of carbonyl (C=O) groups excluding carboxylic acids is 1. The summed E-state index contributed by atoms with van der Waals surface area (Å²) in [6, 6.07) is 28.0. The Morgan fingerprint density at radius 3 is 2.53 bits per heavy atom. The Bertz CT molecular complexity index is 1220. The molecule has 1 amide bonds. The molecular weight excluding hydrogens is 420 g/mol. The van der Waals surface area contributed by atoms with E-state index in [4.69, 9.17) is 16.3 Å². The Labute approximate surface area is 192 Å². The lowest BCUT2D eigenvalue weighted by molar-refractivity contribution is 0.102. The Balaban J connectivity index is 1.45. The number of rotatable bonds is 7. The van der Waals surface area contributed by atoms with Crippen molar-refractivity contribution in [3.8, 4) is 5.75 Å². The standard InChI is InChI=1S/C27H21ClN2O2/c28-22-14-11-21(12-15-22)19-32-26-10-2-1-9-25(26)27(31)30-24-8-5-6-20(18-24)13-16-23-7-3-4-17-29-23/h1-18H,19H2,(H,30,31)/b16-13+. The molecule has 1 N–H and O–H groups in total. The Morgan fingerprint density at radius 2 is 1.72 bits per heavy atom. The number of hydrogen-bond donors (Lipinski definition) is 1. The first kappa shape index (κ1) is 21.3. The Hall–Kier alpha value is -3.89. The van der Waals surface area contributed by atoms with Gasteiger partial charge in [-0.05, 0) is 65.7 Å². The number of anilines is 1. The van der Waals surface area contributed by atoms with Crippen LogP contribution in [-0.4, -0.2) is 10.9 Å². The summed E-state index contributed by atoms with van der Waals surface area (Å²) in [5, 5.41) is 3.63. The van der Waals surface area contributed by atoms with Gasteiger partial charge in [-0.1, -0.05) is 60.1 Å². The van der Waals surface area contributed by atoms with Crippen LogP contribution in [0.3, 0.4) is 0 Å². The molecule has 0 aliphatic heterocycles. The highest BCUT2D eigenvalue weighted by atomic mass is 35.5. The zero-order valence-electron chi connectivity index (χ0n) is 17.2. The molecule has 0 saturated carbocycles. The quantitative estimate of drug-likeness (QED) is 0.346. The number of para-hydroxylation sites is 1. The van der Waals surface area contributed by atoms with Crippen LogP contribution < -0.4 is 10.1 Å². The molecule has 0 aliphatic carbocycles. The number of hydrogen-bond acceptors (Lipinski definition) is 3. The summed E-state index contributed by atoms with van der Waals surface area (Å²) in [5.74, 6) is 0.286. The van der Waals surface area contributed by atoms with E-state index in [1.807, 2.05) is 91.0 Å². The molecule has 4 aromatic rings. The third-order valence-electron chi connectivity index (χ3n) is 4.72. The molecule has 0 saturated heterocycles. The van der Waals surface area contributed by atoms with E-state index in [1.165, 1.54) is 0 Å². The van der Waals surface area contributed by atoms with Crippen molar-refractivity contribution >= 4 is 35.3 Å². The van der Waals surface area contributed by atoms with Crippen molar-refractivity contribution in [1.82, 2.24) is 4.98 Å². The van der Waals surface area contributed by atoms with Crippen molar-refractivity contribution in [3.05, 3.63) is 125 Å². The highest BCUT2D eigenvalue weighted by molar-refractivity contribution is 6.30. The van der Waals surface area contributed by atoms with Crippen LogP contribution in [0.1, 0.15) is 27.2 Å². The van der Waals surface area contributed by atoms with Crippen molar-refractivity contribution in [2.24, 2.45) is 0 Å². The maximum Gasteiger partial charge on any atom is 0.259 e. The molecule has 5 heteroatoms. The van der Waals surface area contributed by atoms with Gasteiger partial charge in [-0.3, -0.25) is 9.78 Å². The average Bonchev–Trinajstić information content (AvgIpc) is 2.83. The topological polar surface area (TPSA) is 51.2 Å². The Morgan fingerprint density at radius 1 is 0.906 bits per heavy atom. The van der Waals surface area contributed by atoms with Crippen LogP contribution in [0.2, 0.25) is 5.02 Å². The van der Waals surface area contributed by atoms with Crippen molar-refractivity contribution in [2.45, 2.75) is 6.61 Å². The van der Waals surface area contributed by atoms with E-state index in [0.717, 1.165) is 16.8 Å². The van der Waals surface area contributed by atoms with Crippen LogP contribution >= 0.6 is 11.6 Å². The predicted octanol–water partition coefficient (Wildman–Crippen LogP) is 6.74. The molecule has 4 rings (SSSR count). The fraction of sp³-hybridized carbons (Fsp3) is 0.0370. The smallest absolute Gasteiger partial charge is 0.259 e. The lowest BCUT2D eigenvalue weighted by atomic mass is 10.1. The lowest BCUT2D eigenvalue weighted by Gasteiger charge is -2.12. The molecule has 1 heterocycles. The van der Waals surface area contributed by atoms with Gasteiger partial charge in [0.15, 0.2) is 0 Å². The summed E-state index contributed by atoms with van der Waals surface area (Å²) in [7, 11) is 0. The number of benzene rings is 3. The molecule has 1 aromatic heterocycles. The second-order valence-corrected chi connectivity index (χ2v) is 7.52. The monoisotopic (exact) mass is 440 g/mol. The normalized spacial score (nSPS) is 10.8. The summed E-state index contributed by atoms with van der Waals surface area (Å²) in [6.45, 7) is 0.343. The molecule has 3 aromatic carbocycles. The van der Waals surface area contributed by atoms with Crippen LogP contribution in [0, 0.1) is 0 Å². The van der Waals surface area contributed by atoms with Crippen molar-refractivity contribution in [3.63, 3.8) is 0 Å². The molecule has 0 radical (unpaired) electrons. The SMILES string of the molecule is O=C(Nc1cccc(/C=C/c2ccccn2)c1)c1ccccc1OCc1ccc(Cl)cc1. The highest BCUT2D eigenvalue weighted by Crippen LogP contribution is 2.22. The minimum Gasteiger partial charge on any atom is -0.488 e. The van der Waals surface area contributed by atoms with Crippen LogP contribution in [0.5, 0.6) is 5.75 Å². The molecular formula is C27H21ClN2O2. The second kappa shape index (κ2) is 10.4. The second-order valence-electron chi connectivity index (χ2n) is 7.08. The first-order valence-electron chi connectivity index (χ1n) is 10.1. The summed E-state index contributed by atoms with van der Waals surface area (Å²) >= 11 is 5.93. The van der Waals surface area contributed by atoms with Gasteiger partial charge in [0.2, 0.25) is 0 Å². The number of carbonyl (C=O) groups is 1. The summed E-state index contributed by atoms with van der Waals surface area (Å²) in [6.07, 6.45) is 5.64. The van der Waals surface area contributed by atoms with Gasteiger partial charge in [0.1, 0.15) is 12.4 Å². The van der Waals surface area contributed by atoms with E-state index in [2.05, 4.69) is 10.3 Å². The molecule has 32 heavy (non-hydrogen) atoms. The molecule has 0 bridgehead atoms. The van der Waals surface area contributed by atoms with Crippen molar-refractivity contribution in [1.29, 1.82) is 0 Å². The molecule has 0 unspecified atom stereocenters. The van der Waals surface area contributed by atoms with Gasteiger partial charge < -0.3 is 10.1 Å². The Kier molecular flexibility index (Phi) is 6.95. The first-order valence-corrected chi connectivity index (χ1v) is 10.5. The maximum absolute atomic E-state index is 12.9. The molecule has 0 atom stereocenters. The molecule has 158 valence electrons. The highest BCUT2D eigenvalue weighted by Gasteiger charge is 2.13. The van der Waals surface area contributed by atoms with E-state index in [0.29, 0.717) is 28.6 Å². The molecule has 0 fully saturated rings. The van der Waals surface area contributed by atoms with Gasteiger partial charge in [0, 0.05) is 16.9 Å². The van der Waals surface area contributed by atoms with Gasteiger partial charge in [-0.2, -0.15) is 0 Å². The maximum atomic E-state index is 12.9. The number of ether oxygens (including phenoxy) is 1. The van der Waals surface area contributed by atoms with E-state index >= 15 is 0 Å². The van der Waals surface area contributed by atoms with Crippen LogP contribution in [-0.2, 0) is 6.61 Å². The van der Waals surface area contributed by atoms with Crippen molar-refractivity contribution in [2.75, 3.05) is 5.32 Å². The fourth-order valence-corrected chi connectivity index (χ4v) is 3.22. The number of halogens is 1. The number of aromatic nitrogens is 1. The zero-order chi connectivity index (χ0) is 22.2. The number of nitrogens with zero attached hydrogens (tertiary/aromatic N) is 1. The predicted molar refractivity (Wildman–Crippen MR) is 130 cm³/mol. The number of pyridine rings is 1. The third kappa shape index (κ3) is 5.84. The lowest BCUT2D eigenvalue weighted by Crippen LogP contribution is -2.13. The minimum atomic E-state index is -0.234. The summed E-state index contributed by atoms with van der Waals surface area (Å²) in [4.78, 5) is 17.2. The fourth-order valence-electron chi connectivity index (χ4n) is 3.10. The van der Waals surface area contributed by atoms with Crippen LogP contribution in [0.15, 0.2) is 97.2 Å². The first-order chi connectivity index (χ1) is 15.7. The molecule has 0 aliphatic rings. The largest absolute Gasteiger partial charge is 0.488 e. The molecule has 4 nitrogen and oxygen atoms in total. The van der Waals surface area contributed by atoms with Crippen LogP contribution in [0.4, 0.5) is 5.69 Å². The zero-order valence-corrected chi connectivity index (χ0v) is 18.0.